The van der Waals surface area contributed by atoms with E-state index in [0.29, 0.717) is 11.6 Å². The van der Waals surface area contributed by atoms with E-state index >= 15 is 0 Å². The normalized spacial score (nSPS) is 15.3. The molecule has 4 rings (SSSR count). The second-order valence-corrected chi connectivity index (χ2v) is 7.34. The number of aromatic nitrogens is 2. The van der Waals surface area contributed by atoms with E-state index in [4.69, 9.17) is 0 Å². The first kappa shape index (κ1) is 16.8. The van der Waals surface area contributed by atoms with Gasteiger partial charge >= 0.3 is 0 Å². The van der Waals surface area contributed by atoms with Gasteiger partial charge in [0.25, 0.3) is 5.91 Å². The lowest BCUT2D eigenvalue weighted by molar-refractivity contribution is 0.0929. The average molecular weight is 347 g/mol. The fraction of sp³-hybridized carbons (Fsp3) is 0.364. The predicted molar refractivity (Wildman–Crippen MR) is 104 cm³/mol. The molecule has 1 N–H and O–H groups in total. The van der Waals surface area contributed by atoms with Crippen LogP contribution in [0.2, 0.25) is 0 Å². The number of carbonyl (C=O) groups excluding carboxylic acids is 1. The fourth-order valence-electron chi connectivity index (χ4n) is 3.82. The highest BCUT2D eigenvalue weighted by atomic mass is 16.1. The fourth-order valence-corrected chi connectivity index (χ4v) is 3.82. The third-order valence-electron chi connectivity index (χ3n) is 5.29. The van der Waals surface area contributed by atoms with Crippen molar-refractivity contribution in [2.24, 2.45) is 0 Å². The van der Waals surface area contributed by atoms with Crippen molar-refractivity contribution < 1.29 is 4.79 Å². The number of aryl methyl sites for hydroxylation is 1. The number of fused-ring (bicyclic) bond motifs is 1. The van der Waals surface area contributed by atoms with Crippen LogP contribution in [0.4, 0.5) is 0 Å². The van der Waals surface area contributed by atoms with Gasteiger partial charge in [-0.05, 0) is 37.5 Å². The van der Waals surface area contributed by atoms with Gasteiger partial charge in [-0.1, -0.05) is 49.1 Å². The van der Waals surface area contributed by atoms with Crippen molar-refractivity contribution in [3.8, 4) is 0 Å². The predicted octanol–water partition coefficient (Wildman–Crippen LogP) is 4.46. The van der Waals surface area contributed by atoms with Gasteiger partial charge in [0, 0.05) is 25.0 Å². The Kier molecular flexibility index (Phi) is 4.74. The molecule has 2 heterocycles. The molecule has 0 atom stereocenters. The topological polar surface area (TPSA) is 46.9 Å². The zero-order valence-corrected chi connectivity index (χ0v) is 15.2. The largest absolute Gasteiger partial charge is 0.349 e. The number of nitrogens with one attached hydrogen (secondary N) is 1. The van der Waals surface area contributed by atoms with Crippen molar-refractivity contribution in [2.45, 2.75) is 51.6 Å². The number of pyridine rings is 1. The van der Waals surface area contributed by atoms with Gasteiger partial charge in [0.2, 0.25) is 0 Å². The Labute approximate surface area is 154 Å². The molecular weight excluding hydrogens is 322 g/mol. The van der Waals surface area contributed by atoms with E-state index in [1.54, 1.807) is 6.20 Å². The highest BCUT2D eigenvalue weighted by Gasteiger charge is 2.20. The number of hydrogen-bond acceptors (Lipinski definition) is 2. The Morgan fingerprint density at radius 2 is 1.92 bits per heavy atom. The summed E-state index contributed by atoms with van der Waals surface area (Å²) >= 11 is 0. The Balaban J connectivity index is 1.62. The second-order valence-electron chi connectivity index (χ2n) is 7.34. The molecule has 0 spiro atoms. The van der Waals surface area contributed by atoms with Crippen molar-refractivity contribution >= 4 is 16.9 Å². The van der Waals surface area contributed by atoms with Crippen LogP contribution in [-0.2, 0) is 6.54 Å². The maximum atomic E-state index is 12.9. The lowest BCUT2D eigenvalue weighted by Gasteiger charge is -2.22. The molecule has 1 amide bonds. The standard InChI is InChI=1S/C22H25N3O/c1-16-9-11-17(12-10-16)14-25-15-19(21-20(25)8-5-13-23-21)22(26)24-18-6-3-2-4-7-18/h5,8-13,15,18H,2-4,6-7,14H2,1H3,(H,24,26). The van der Waals surface area contributed by atoms with Crippen LogP contribution in [0.3, 0.4) is 0 Å². The molecule has 0 aliphatic heterocycles. The van der Waals surface area contributed by atoms with Crippen LogP contribution in [0.1, 0.15) is 53.6 Å². The van der Waals surface area contributed by atoms with Crippen LogP contribution in [0.15, 0.2) is 48.8 Å². The molecule has 26 heavy (non-hydrogen) atoms. The number of nitrogens with zero attached hydrogens (tertiary/aromatic N) is 2. The molecule has 1 saturated carbocycles. The third-order valence-corrected chi connectivity index (χ3v) is 5.29. The molecule has 0 radical (unpaired) electrons. The minimum absolute atomic E-state index is 0.00301. The molecule has 1 aromatic carbocycles. The zero-order chi connectivity index (χ0) is 17.9. The minimum Gasteiger partial charge on any atom is -0.349 e. The summed E-state index contributed by atoms with van der Waals surface area (Å²) in [5.74, 6) is 0.00301. The van der Waals surface area contributed by atoms with E-state index in [1.165, 1.54) is 30.4 Å². The van der Waals surface area contributed by atoms with E-state index in [9.17, 15) is 4.79 Å². The van der Waals surface area contributed by atoms with Gasteiger partial charge in [-0.2, -0.15) is 0 Å². The van der Waals surface area contributed by atoms with E-state index in [2.05, 4.69) is 46.1 Å². The number of amides is 1. The molecule has 0 bridgehead atoms. The van der Waals surface area contributed by atoms with E-state index < -0.39 is 0 Å². The minimum atomic E-state index is 0.00301. The van der Waals surface area contributed by atoms with Gasteiger partial charge in [-0.25, -0.2) is 0 Å². The zero-order valence-electron chi connectivity index (χ0n) is 15.2. The van der Waals surface area contributed by atoms with Gasteiger partial charge in [0.1, 0.15) is 5.52 Å². The van der Waals surface area contributed by atoms with Crippen molar-refractivity contribution in [3.05, 3.63) is 65.5 Å². The van der Waals surface area contributed by atoms with E-state index in [0.717, 1.165) is 30.4 Å². The van der Waals surface area contributed by atoms with Crippen LogP contribution < -0.4 is 5.32 Å². The lowest BCUT2D eigenvalue weighted by atomic mass is 9.95. The van der Waals surface area contributed by atoms with Crippen molar-refractivity contribution in [2.75, 3.05) is 0 Å². The smallest absolute Gasteiger partial charge is 0.255 e. The third kappa shape index (κ3) is 3.50. The van der Waals surface area contributed by atoms with Crippen molar-refractivity contribution in [1.29, 1.82) is 0 Å². The first-order valence-electron chi connectivity index (χ1n) is 9.51. The summed E-state index contributed by atoms with van der Waals surface area (Å²) in [4.78, 5) is 17.4. The molecule has 4 nitrogen and oxygen atoms in total. The summed E-state index contributed by atoms with van der Waals surface area (Å²) in [7, 11) is 0. The Morgan fingerprint density at radius 1 is 1.15 bits per heavy atom. The van der Waals surface area contributed by atoms with Gasteiger partial charge in [0.05, 0.1) is 11.1 Å². The molecule has 134 valence electrons. The molecule has 1 fully saturated rings. The van der Waals surface area contributed by atoms with Crippen LogP contribution >= 0.6 is 0 Å². The molecule has 1 aliphatic rings. The highest BCUT2D eigenvalue weighted by Crippen LogP contribution is 2.22. The number of rotatable bonds is 4. The SMILES string of the molecule is Cc1ccc(Cn2cc(C(=O)NC3CCCCC3)c3ncccc32)cc1. The Morgan fingerprint density at radius 3 is 2.69 bits per heavy atom. The summed E-state index contributed by atoms with van der Waals surface area (Å²) in [5, 5.41) is 3.22. The highest BCUT2D eigenvalue weighted by molar-refractivity contribution is 6.05. The maximum absolute atomic E-state index is 12.9. The molecule has 1 aliphatic carbocycles. The summed E-state index contributed by atoms with van der Waals surface area (Å²) in [6.45, 7) is 2.83. The van der Waals surface area contributed by atoms with E-state index in [-0.39, 0.29) is 5.91 Å². The maximum Gasteiger partial charge on any atom is 0.255 e. The van der Waals surface area contributed by atoms with Gasteiger partial charge < -0.3 is 9.88 Å². The quantitative estimate of drug-likeness (QED) is 0.757. The summed E-state index contributed by atoms with van der Waals surface area (Å²) in [6.07, 6.45) is 9.58. The van der Waals surface area contributed by atoms with Gasteiger partial charge in [-0.15, -0.1) is 0 Å². The van der Waals surface area contributed by atoms with Crippen molar-refractivity contribution in [3.63, 3.8) is 0 Å². The summed E-state index contributed by atoms with van der Waals surface area (Å²) < 4.78 is 2.13. The van der Waals surface area contributed by atoms with Crippen molar-refractivity contribution in [1.82, 2.24) is 14.9 Å². The first-order chi connectivity index (χ1) is 12.7. The van der Waals surface area contributed by atoms with Crippen LogP contribution in [0.25, 0.3) is 11.0 Å². The molecule has 0 saturated heterocycles. The average Bonchev–Trinajstić information content (AvgIpc) is 3.03. The number of carbonyl (C=O) groups is 1. The molecule has 2 aromatic heterocycles. The first-order valence-corrected chi connectivity index (χ1v) is 9.51. The lowest BCUT2D eigenvalue weighted by Crippen LogP contribution is -2.36. The molecular formula is C22H25N3O. The van der Waals surface area contributed by atoms with Gasteiger partial charge in [-0.3, -0.25) is 9.78 Å². The summed E-state index contributed by atoms with van der Waals surface area (Å²) in [6, 6.07) is 12.8. The Hall–Kier alpha value is -2.62. The van der Waals surface area contributed by atoms with Crippen LogP contribution in [-0.4, -0.2) is 21.5 Å². The molecule has 0 unspecified atom stereocenters. The second kappa shape index (κ2) is 7.32. The molecule has 4 heteroatoms. The monoisotopic (exact) mass is 347 g/mol. The number of hydrogen-bond donors (Lipinski definition) is 1. The molecule has 3 aromatic rings. The van der Waals surface area contributed by atoms with Gasteiger partial charge in [0.15, 0.2) is 0 Å². The summed E-state index contributed by atoms with van der Waals surface area (Å²) in [5.41, 5.74) is 4.93. The van der Waals surface area contributed by atoms with Crippen LogP contribution in [0, 0.1) is 6.92 Å². The number of benzene rings is 1. The van der Waals surface area contributed by atoms with Crippen LogP contribution in [0.5, 0.6) is 0 Å². The Bertz CT molecular complexity index is 905. The van der Waals surface area contributed by atoms with E-state index in [1.807, 2.05) is 18.3 Å².